The molecule has 1 N–H and O–H groups in total. The second-order valence-corrected chi connectivity index (χ2v) is 5.34. The molecular formula is C15H18FN3. The number of rotatable bonds is 2. The van der Waals surface area contributed by atoms with Crippen LogP contribution in [0.15, 0.2) is 30.3 Å². The fraction of sp³-hybridized carbons (Fsp3) is 0.400. The Kier molecular flexibility index (Phi) is 3.01. The maximum absolute atomic E-state index is 13.0. The molecule has 0 aliphatic carbocycles. The lowest BCUT2D eigenvalue weighted by Crippen LogP contribution is -2.24. The first kappa shape index (κ1) is 12.2. The van der Waals surface area contributed by atoms with E-state index in [1.54, 1.807) is 0 Å². The van der Waals surface area contributed by atoms with Crippen LogP contribution < -0.4 is 5.32 Å². The maximum Gasteiger partial charge on any atom is 0.125 e. The van der Waals surface area contributed by atoms with E-state index in [2.05, 4.69) is 25.2 Å². The Balaban J connectivity index is 1.99. The van der Waals surface area contributed by atoms with Crippen LogP contribution in [0.2, 0.25) is 0 Å². The zero-order valence-electron chi connectivity index (χ0n) is 11.2. The summed E-state index contributed by atoms with van der Waals surface area (Å²) in [5.41, 5.74) is 2.21. The molecule has 1 atom stereocenters. The summed E-state index contributed by atoms with van der Waals surface area (Å²) in [4.78, 5) is 0. The summed E-state index contributed by atoms with van der Waals surface area (Å²) in [5.74, 6) is 1.28. The van der Waals surface area contributed by atoms with Gasteiger partial charge in [0.15, 0.2) is 0 Å². The highest BCUT2D eigenvalue weighted by Gasteiger charge is 2.23. The Morgan fingerprint density at radius 3 is 2.74 bits per heavy atom. The molecule has 1 unspecified atom stereocenters. The molecule has 0 amide bonds. The van der Waals surface area contributed by atoms with Crippen LogP contribution in [-0.2, 0) is 0 Å². The maximum atomic E-state index is 13.0. The van der Waals surface area contributed by atoms with Gasteiger partial charge in [0.25, 0.3) is 0 Å². The van der Waals surface area contributed by atoms with E-state index in [4.69, 9.17) is 5.10 Å². The van der Waals surface area contributed by atoms with Gasteiger partial charge >= 0.3 is 0 Å². The van der Waals surface area contributed by atoms with Crippen LogP contribution in [0.5, 0.6) is 0 Å². The van der Waals surface area contributed by atoms with Gasteiger partial charge in [-0.1, -0.05) is 26.0 Å². The van der Waals surface area contributed by atoms with Crippen molar-refractivity contribution in [2.75, 3.05) is 11.9 Å². The molecule has 1 aromatic carbocycles. The second kappa shape index (κ2) is 4.68. The lowest BCUT2D eigenvalue weighted by Gasteiger charge is -2.26. The highest BCUT2D eigenvalue weighted by molar-refractivity contribution is 5.42. The monoisotopic (exact) mass is 259 g/mol. The molecule has 19 heavy (non-hydrogen) atoms. The number of fused-ring (bicyclic) bond motifs is 1. The minimum absolute atomic E-state index is 0.193. The molecule has 0 spiro atoms. The fourth-order valence-electron chi connectivity index (χ4n) is 2.52. The molecule has 2 heterocycles. The van der Waals surface area contributed by atoms with Gasteiger partial charge in [-0.15, -0.1) is 0 Å². The number of nitrogens with zero attached hydrogens (tertiary/aromatic N) is 2. The summed E-state index contributed by atoms with van der Waals surface area (Å²) < 4.78 is 15.1. The number of halogens is 1. The third-order valence-corrected chi connectivity index (χ3v) is 3.62. The van der Waals surface area contributed by atoms with E-state index in [-0.39, 0.29) is 11.9 Å². The largest absolute Gasteiger partial charge is 0.370 e. The van der Waals surface area contributed by atoms with Gasteiger partial charge in [-0.3, -0.25) is 0 Å². The molecule has 3 nitrogen and oxygen atoms in total. The zero-order valence-corrected chi connectivity index (χ0v) is 11.2. The summed E-state index contributed by atoms with van der Waals surface area (Å²) in [5, 5.41) is 8.07. The molecule has 0 saturated carbocycles. The van der Waals surface area contributed by atoms with Crippen molar-refractivity contribution in [1.82, 2.24) is 9.78 Å². The molecule has 3 rings (SSSR count). The van der Waals surface area contributed by atoms with E-state index in [0.29, 0.717) is 5.92 Å². The van der Waals surface area contributed by atoms with E-state index >= 15 is 0 Å². The minimum atomic E-state index is -0.193. The van der Waals surface area contributed by atoms with Gasteiger partial charge in [-0.05, 0) is 30.0 Å². The normalized spacial score (nSPS) is 18.2. The smallest absolute Gasteiger partial charge is 0.125 e. The van der Waals surface area contributed by atoms with Crippen molar-refractivity contribution in [1.29, 1.82) is 0 Å². The van der Waals surface area contributed by atoms with Gasteiger partial charge < -0.3 is 5.32 Å². The Hall–Kier alpha value is -1.84. The van der Waals surface area contributed by atoms with Crippen molar-refractivity contribution < 1.29 is 4.39 Å². The van der Waals surface area contributed by atoms with Crippen molar-refractivity contribution in [3.8, 4) is 0 Å². The summed E-state index contributed by atoms with van der Waals surface area (Å²) in [6.45, 7) is 5.20. The highest BCUT2D eigenvalue weighted by atomic mass is 19.1. The van der Waals surface area contributed by atoms with Gasteiger partial charge in [-0.25, -0.2) is 9.07 Å². The van der Waals surface area contributed by atoms with E-state index in [0.717, 1.165) is 30.0 Å². The number of hydrogen-bond acceptors (Lipinski definition) is 2. The molecule has 4 heteroatoms. The van der Waals surface area contributed by atoms with Gasteiger partial charge in [-0.2, -0.15) is 5.10 Å². The first-order chi connectivity index (χ1) is 9.15. The molecule has 0 fully saturated rings. The van der Waals surface area contributed by atoms with Crippen LogP contribution in [0.25, 0.3) is 0 Å². The minimum Gasteiger partial charge on any atom is -0.370 e. The lowest BCUT2D eigenvalue weighted by atomic mass is 10.0. The van der Waals surface area contributed by atoms with Crippen molar-refractivity contribution in [2.45, 2.75) is 32.2 Å². The van der Waals surface area contributed by atoms with Crippen LogP contribution in [0.1, 0.15) is 43.5 Å². The standard InChI is InChI=1S/C15H18FN3/c1-10(2)13-9-15-17-8-7-14(19(15)18-13)11-3-5-12(16)6-4-11/h3-6,9-10,14,17H,7-8H2,1-2H3. The van der Waals surface area contributed by atoms with Crippen LogP contribution in [0.3, 0.4) is 0 Å². The number of nitrogens with one attached hydrogen (secondary N) is 1. The highest BCUT2D eigenvalue weighted by Crippen LogP contribution is 2.31. The first-order valence-electron chi connectivity index (χ1n) is 6.74. The second-order valence-electron chi connectivity index (χ2n) is 5.34. The van der Waals surface area contributed by atoms with E-state index < -0.39 is 0 Å². The Morgan fingerprint density at radius 1 is 1.32 bits per heavy atom. The van der Waals surface area contributed by atoms with Crippen LogP contribution in [-0.4, -0.2) is 16.3 Å². The number of hydrogen-bond donors (Lipinski definition) is 1. The molecule has 0 bridgehead atoms. The van der Waals surface area contributed by atoms with Crippen molar-refractivity contribution in [3.05, 3.63) is 47.4 Å². The predicted octanol–water partition coefficient (Wildman–Crippen LogP) is 3.55. The third-order valence-electron chi connectivity index (χ3n) is 3.62. The molecule has 1 aromatic heterocycles. The van der Waals surface area contributed by atoms with Gasteiger partial charge in [0.2, 0.25) is 0 Å². The molecule has 1 aliphatic rings. The first-order valence-corrected chi connectivity index (χ1v) is 6.74. The molecule has 100 valence electrons. The Labute approximate surface area is 112 Å². The SMILES string of the molecule is CC(C)c1cc2n(n1)C(c1ccc(F)cc1)CCN2. The Morgan fingerprint density at radius 2 is 2.05 bits per heavy atom. The fourth-order valence-corrected chi connectivity index (χ4v) is 2.52. The van der Waals surface area contributed by atoms with E-state index in [9.17, 15) is 4.39 Å². The zero-order chi connectivity index (χ0) is 13.4. The summed E-state index contributed by atoms with van der Waals surface area (Å²) in [7, 11) is 0. The van der Waals surface area contributed by atoms with Gasteiger partial charge in [0, 0.05) is 12.6 Å². The third kappa shape index (κ3) is 2.23. The molecular weight excluding hydrogens is 241 g/mol. The van der Waals surface area contributed by atoms with Gasteiger partial charge in [0.1, 0.15) is 11.6 Å². The molecule has 0 saturated heterocycles. The van der Waals surface area contributed by atoms with Crippen LogP contribution in [0, 0.1) is 5.82 Å². The quantitative estimate of drug-likeness (QED) is 0.893. The molecule has 0 radical (unpaired) electrons. The number of benzene rings is 1. The lowest BCUT2D eigenvalue weighted by molar-refractivity contribution is 0.475. The van der Waals surface area contributed by atoms with Gasteiger partial charge in [0.05, 0.1) is 11.7 Å². The summed E-state index contributed by atoms with van der Waals surface area (Å²) in [6.07, 6.45) is 0.970. The molecule has 1 aliphatic heterocycles. The van der Waals surface area contributed by atoms with Crippen molar-refractivity contribution in [2.24, 2.45) is 0 Å². The predicted molar refractivity (Wildman–Crippen MR) is 74.0 cm³/mol. The number of anilines is 1. The van der Waals surface area contributed by atoms with Crippen LogP contribution >= 0.6 is 0 Å². The topological polar surface area (TPSA) is 29.9 Å². The average Bonchev–Trinajstić information content (AvgIpc) is 2.83. The van der Waals surface area contributed by atoms with Crippen molar-refractivity contribution >= 4 is 5.82 Å². The van der Waals surface area contributed by atoms with Crippen LogP contribution in [0.4, 0.5) is 10.2 Å². The van der Waals surface area contributed by atoms with E-state index in [1.165, 1.54) is 12.1 Å². The average molecular weight is 259 g/mol. The van der Waals surface area contributed by atoms with Crippen molar-refractivity contribution in [3.63, 3.8) is 0 Å². The Bertz CT molecular complexity index is 572. The summed E-state index contributed by atoms with van der Waals surface area (Å²) >= 11 is 0. The summed E-state index contributed by atoms with van der Waals surface area (Å²) in [6, 6.07) is 9.05. The number of aromatic nitrogens is 2. The van der Waals surface area contributed by atoms with E-state index in [1.807, 2.05) is 16.8 Å². The molecule has 2 aromatic rings.